The zero-order valence-corrected chi connectivity index (χ0v) is 13.5. The molecular weight excluding hydrogens is 308 g/mol. The van der Waals surface area contributed by atoms with Crippen molar-refractivity contribution in [2.24, 2.45) is 0 Å². The van der Waals surface area contributed by atoms with Crippen molar-refractivity contribution in [1.82, 2.24) is 15.2 Å². The minimum atomic E-state index is -0.00143. The molecule has 0 spiro atoms. The summed E-state index contributed by atoms with van der Waals surface area (Å²) < 4.78 is 1.09. The molecule has 1 amide bonds. The molecule has 1 aromatic carbocycles. The number of rotatable bonds is 4. The van der Waals surface area contributed by atoms with E-state index < -0.39 is 0 Å². The quantitative estimate of drug-likeness (QED) is 0.901. The summed E-state index contributed by atoms with van der Waals surface area (Å²) in [5.41, 5.74) is 0.932. The van der Waals surface area contributed by atoms with Crippen LogP contribution in [0, 0.1) is 0 Å². The summed E-state index contributed by atoms with van der Waals surface area (Å²) in [7, 11) is 2.00. The second-order valence-corrected chi connectivity index (χ2v) is 6.13. The highest BCUT2D eigenvalue weighted by Gasteiger charge is 2.21. The number of carbonyl (C=O) groups excluding carboxylic acids is 1. The molecule has 3 rings (SSSR count). The Bertz CT molecular complexity index is 579. The minimum absolute atomic E-state index is 0. The number of para-hydroxylation sites is 1. The first-order valence-corrected chi connectivity index (χ1v) is 7.60. The zero-order chi connectivity index (χ0) is 13.9. The molecule has 0 radical (unpaired) electrons. The van der Waals surface area contributed by atoms with Crippen molar-refractivity contribution in [1.29, 1.82) is 0 Å². The van der Waals surface area contributed by atoms with Gasteiger partial charge in [-0.1, -0.05) is 23.5 Å². The van der Waals surface area contributed by atoms with Crippen molar-refractivity contribution in [3.8, 4) is 0 Å². The third kappa shape index (κ3) is 3.91. The van der Waals surface area contributed by atoms with Gasteiger partial charge in [0.05, 0.1) is 16.8 Å². The number of likely N-dealkylation sites (N-methyl/N-ethyl adjacent to an activating group) is 1. The number of fused-ring (bicyclic) bond motifs is 1. The van der Waals surface area contributed by atoms with Crippen molar-refractivity contribution in [3.63, 3.8) is 0 Å². The van der Waals surface area contributed by atoms with Crippen LogP contribution in [-0.4, -0.2) is 48.5 Å². The largest absolute Gasteiger partial charge is 0.315 e. The number of hydrogen-bond acceptors (Lipinski definition) is 5. The van der Waals surface area contributed by atoms with Crippen LogP contribution in [0.2, 0.25) is 0 Å². The predicted molar refractivity (Wildman–Crippen MR) is 89.4 cm³/mol. The highest BCUT2D eigenvalue weighted by Crippen LogP contribution is 2.25. The van der Waals surface area contributed by atoms with Crippen LogP contribution >= 0.6 is 23.7 Å². The van der Waals surface area contributed by atoms with Gasteiger partial charge in [0.1, 0.15) is 0 Å². The molecule has 5 nitrogen and oxygen atoms in total. The van der Waals surface area contributed by atoms with Gasteiger partial charge in [-0.25, -0.2) is 4.98 Å². The molecule has 21 heavy (non-hydrogen) atoms. The van der Waals surface area contributed by atoms with Crippen molar-refractivity contribution in [3.05, 3.63) is 24.3 Å². The van der Waals surface area contributed by atoms with Crippen molar-refractivity contribution in [2.45, 2.75) is 12.5 Å². The van der Waals surface area contributed by atoms with Gasteiger partial charge in [-0.3, -0.25) is 9.69 Å². The van der Waals surface area contributed by atoms with Gasteiger partial charge >= 0.3 is 0 Å². The fraction of sp³-hybridized carbons (Fsp3) is 0.429. The van der Waals surface area contributed by atoms with E-state index in [4.69, 9.17) is 0 Å². The number of nitrogens with one attached hydrogen (secondary N) is 2. The fourth-order valence-corrected chi connectivity index (χ4v) is 3.34. The molecular formula is C14H19ClN4OS. The molecule has 1 aliphatic heterocycles. The van der Waals surface area contributed by atoms with Gasteiger partial charge in [-0.15, -0.1) is 12.4 Å². The molecule has 1 atom stereocenters. The summed E-state index contributed by atoms with van der Waals surface area (Å²) in [4.78, 5) is 18.6. The van der Waals surface area contributed by atoms with E-state index in [0.29, 0.717) is 17.7 Å². The van der Waals surface area contributed by atoms with E-state index in [1.54, 1.807) is 0 Å². The molecule has 0 saturated carbocycles. The molecule has 1 aliphatic rings. The Kier molecular flexibility index (Phi) is 5.52. The average Bonchev–Trinajstić information content (AvgIpc) is 3.07. The number of halogens is 1. The summed E-state index contributed by atoms with van der Waals surface area (Å²) in [5, 5.41) is 6.88. The molecule has 1 aromatic heterocycles. The van der Waals surface area contributed by atoms with Gasteiger partial charge in [0.2, 0.25) is 5.91 Å². The van der Waals surface area contributed by atoms with Gasteiger partial charge in [-0.05, 0) is 32.1 Å². The maximum Gasteiger partial charge on any atom is 0.240 e. The lowest BCUT2D eigenvalue weighted by molar-refractivity contribution is -0.117. The molecule has 7 heteroatoms. The van der Waals surface area contributed by atoms with E-state index in [9.17, 15) is 4.79 Å². The van der Waals surface area contributed by atoms with E-state index in [0.717, 1.165) is 29.7 Å². The second kappa shape index (κ2) is 7.17. The molecule has 0 aliphatic carbocycles. The van der Waals surface area contributed by atoms with E-state index in [1.165, 1.54) is 11.3 Å². The molecule has 0 bridgehead atoms. The second-order valence-electron chi connectivity index (χ2n) is 5.10. The SMILES string of the molecule is CN(CC(=O)Nc1nc2ccccc2s1)C1CCNC1.Cl. The smallest absolute Gasteiger partial charge is 0.240 e. The van der Waals surface area contributed by atoms with Crippen LogP contribution < -0.4 is 10.6 Å². The van der Waals surface area contributed by atoms with E-state index in [2.05, 4.69) is 20.5 Å². The van der Waals surface area contributed by atoms with Crippen LogP contribution in [0.15, 0.2) is 24.3 Å². The predicted octanol–water partition coefficient (Wildman–Crippen LogP) is 1.95. The first-order chi connectivity index (χ1) is 9.72. The summed E-state index contributed by atoms with van der Waals surface area (Å²) in [6.07, 6.45) is 1.10. The van der Waals surface area contributed by atoms with Gasteiger partial charge in [-0.2, -0.15) is 0 Å². The van der Waals surface area contributed by atoms with Crippen LogP contribution in [0.25, 0.3) is 10.2 Å². The Hall–Kier alpha value is -1.21. The summed E-state index contributed by atoms with van der Waals surface area (Å²) in [5.74, 6) is -0.00143. The molecule has 1 unspecified atom stereocenters. The van der Waals surface area contributed by atoms with E-state index in [1.807, 2.05) is 31.3 Å². The third-order valence-electron chi connectivity index (χ3n) is 3.59. The lowest BCUT2D eigenvalue weighted by Gasteiger charge is -2.22. The number of thiazole rings is 1. The highest BCUT2D eigenvalue weighted by molar-refractivity contribution is 7.22. The number of benzene rings is 1. The van der Waals surface area contributed by atoms with Crippen LogP contribution in [-0.2, 0) is 4.79 Å². The Morgan fingerprint density at radius 1 is 1.52 bits per heavy atom. The van der Waals surface area contributed by atoms with Gasteiger partial charge in [0.15, 0.2) is 5.13 Å². The van der Waals surface area contributed by atoms with Crippen LogP contribution in [0.3, 0.4) is 0 Å². The summed E-state index contributed by atoms with van der Waals surface area (Å²) in [6, 6.07) is 8.36. The number of carbonyl (C=O) groups is 1. The minimum Gasteiger partial charge on any atom is -0.315 e. The first kappa shape index (κ1) is 16.2. The molecule has 2 heterocycles. The number of nitrogens with zero attached hydrogens (tertiary/aromatic N) is 2. The lowest BCUT2D eigenvalue weighted by atomic mass is 10.2. The van der Waals surface area contributed by atoms with Crippen LogP contribution in [0.4, 0.5) is 5.13 Å². The number of hydrogen-bond donors (Lipinski definition) is 2. The fourth-order valence-electron chi connectivity index (χ4n) is 2.46. The lowest BCUT2D eigenvalue weighted by Crippen LogP contribution is -2.39. The third-order valence-corrected chi connectivity index (χ3v) is 4.54. The first-order valence-electron chi connectivity index (χ1n) is 6.79. The van der Waals surface area contributed by atoms with E-state index >= 15 is 0 Å². The number of amides is 1. The Labute approximate surface area is 134 Å². The van der Waals surface area contributed by atoms with Gasteiger partial charge in [0.25, 0.3) is 0 Å². The Balaban J connectivity index is 0.00000161. The normalized spacial score (nSPS) is 17.9. The molecule has 114 valence electrons. The van der Waals surface area contributed by atoms with Crippen molar-refractivity contribution >= 4 is 45.0 Å². The standard InChI is InChI=1S/C14H18N4OS.ClH/c1-18(10-6-7-15-8-10)9-13(19)17-14-16-11-4-2-3-5-12(11)20-14;/h2-5,10,15H,6-9H2,1H3,(H,16,17,19);1H. The molecule has 1 fully saturated rings. The molecule has 2 N–H and O–H groups in total. The summed E-state index contributed by atoms with van der Waals surface area (Å²) >= 11 is 1.51. The number of anilines is 1. The van der Waals surface area contributed by atoms with Gasteiger partial charge < -0.3 is 10.6 Å². The highest BCUT2D eigenvalue weighted by atomic mass is 35.5. The van der Waals surface area contributed by atoms with Crippen molar-refractivity contribution < 1.29 is 4.79 Å². The number of aromatic nitrogens is 1. The monoisotopic (exact) mass is 326 g/mol. The topological polar surface area (TPSA) is 57.3 Å². The van der Waals surface area contributed by atoms with Crippen molar-refractivity contribution in [2.75, 3.05) is 32.0 Å². The maximum atomic E-state index is 12.0. The Morgan fingerprint density at radius 2 is 2.33 bits per heavy atom. The van der Waals surface area contributed by atoms with E-state index in [-0.39, 0.29) is 18.3 Å². The molecule has 1 saturated heterocycles. The maximum absolute atomic E-state index is 12.0. The summed E-state index contributed by atoms with van der Waals surface area (Å²) in [6.45, 7) is 2.40. The Morgan fingerprint density at radius 3 is 3.05 bits per heavy atom. The average molecular weight is 327 g/mol. The van der Waals surface area contributed by atoms with Gasteiger partial charge in [0, 0.05) is 12.6 Å². The van der Waals surface area contributed by atoms with Crippen LogP contribution in [0.5, 0.6) is 0 Å². The zero-order valence-electron chi connectivity index (χ0n) is 11.8. The van der Waals surface area contributed by atoms with Crippen LogP contribution in [0.1, 0.15) is 6.42 Å². The molecule has 2 aromatic rings.